The van der Waals surface area contributed by atoms with Crippen LogP contribution in [-0.2, 0) is 0 Å². The molecular weight excluding hydrogens is 326 g/mol. The fraction of sp³-hybridized carbons (Fsp3) is 0.529. The summed E-state index contributed by atoms with van der Waals surface area (Å²) >= 11 is 0. The van der Waals surface area contributed by atoms with Crippen molar-refractivity contribution in [2.75, 3.05) is 27.2 Å². The highest BCUT2D eigenvalue weighted by molar-refractivity contribution is 5.32. The van der Waals surface area contributed by atoms with Gasteiger partial charge in [-0.3, -0.25) is 5.01 Å². The summed E-state index contributed by atoms with van der Waals surface area (Å²) in [6, 6.07) is 0. The molecule has 6 nitrogen and oxygen atoms in total. The molecule has 0 saturated carbocycles. The standard InChI is InChI=1S/C17H30F2N6/c1-12(5-8-17(21)25-10-9-23-25)14(22-3)11-24(4)15(13(2)20)6-7-16(18)19/h5,8,11,16,22-23H,6-7,9-10,20-21H2,1-4H3/b12-5+,14-11-,15-13-,17-8+. The number of hydrogen-bond donors (Lipinski definition) is 4. The molecule has 0 amide bonds. The van der Waals surface area contributed by atoms with E-state index in [2.05, 4.69) is 10.7 Å². The molecule has 25 heavy (non-hydrogen) atoms. The molecule has 0 aromatic rings. The van der Waals surface area contributed by atoms with Crippen LogP contribution in [0.4, 0.5) is 8.78 Å². The van der Waals surface area contributed by atoms with Crippen LogP contribution in [0.15, 0.2) is 46.8 Å². The minimum Gasteiger partial charge on any atom is -0.401 e. The van der Waals surface area contributed by atoms with E-state index in [9.17, 15) is 8.78 Å². The first-order valence-corrected chi connectivity index (χ1v) is 8.27. The van der Waals surface area contributed by atoms with Gasteiger partial charge >= 0.3 is 0 Å². The number of nitrogens with zero attached hydrogens (tertiary/aromatic N) is 2. The molecule has 0 spiro atoms. The van der Waals surface area contributed by atoms with Gasteiger partial charge in [0, 0.05) is 44.7 Å². The topological polar surface area (TPSA) is 82.6 Å². The van der Waals surface area contributed by atoms with E-state index in [0.29, 0.717) is 17.2 Å². The third kappa shape index (κ3) is 6.66. The molecule has 6 N–H and O–H groups in total. The SMILES string of the molecule is CNC(=C\N(C)/C(CCC(F)F)=C(/C)N)/C(C)=C/C=C(\N)N1CCN1. The number of nitrogens with one attached hydrogen (secondary N) is 2. The highest BCUT2D eigenvalue weighted by atomic mass is 19.3. The minimum atomic E-state index is -2.35. The molecular formula is C17H30F2N6. The zero-order chi connectivity index (χ0) is 19.0. The van der Waals surface area contributed by atoms with Crippen molar-refractivity contribution in [2.45, 2.75) is 33.1 Å². The number of halogens is 2. The summed E-state index contributed by atoms with van der Waals surface area (Å²) in [7, 11) is 3.61. The van der Waals surface area contributed by atoms with Crippen molar-refractivity contribution in [3.8, 4) is 0 Å². The number of allylic oxidation sites excluding steroid dienone is 5. The van der Waals surface area contributed by atoms with Crippen LogP contribution in [-0.4, -0.2) is 43.5 Å². The lowest BCUT2D eigenvalue weighted by molar-refractivity contribution is 0.136. The summed E-state index contributed by atoms with van der Waals surface area (Å²) in [5, 5.41) is 4.98. The van der Waals surface area contributed by atoms with Gasteiger partial charge in [-0.05, 0) is 31.9 Å². The van der Waals surface area contributed by atoms with Crippen LogP contribution in [0, 0.1) is 0 Å². The molecule has 142 valence electrons. The maximum Gasteiger partial charge on any atom is 0.239 e. The Kier molecular flexibility index (Phi) is 8.27. The molecule has 0 unspecified atom stereocenters. The van der Waals surface area contributed by atoms with Crippen molar-refractivity contribution in [1.29, 1.82) is 0 Å². The van der Waals surface area contributed by atoms with Crippen LogP contribution in [0.2, 0.25) is 0 Å². The number of alkyl halides is 2. The molecule has 8 heteroatoms. The summed E-state index contributed by atoms with van der Waals surface area (Å²) in [6.07, 6.45) is 3.24. The van der Waals surface area contributed by atoms with Crippen molar-refractivity contribution < 1.29 is 8.78 Å². The lowest BCUT2D eigenvalue weighted by atomic mass is 10.1. The quantitative estimate of drug-likeness (QED) is 0.472. The summed E-state index contributed by atoms with van der Waals surface area (Å²) in [5.74, 6) is 0.643. The minimum absolute atomic E-state index is 0.214. The fourth-order valence-corrected chi connectivity index (χ4v) is 2.37. The van der Waals surface area contributed by atoms with Gasteiger partial charge in [-0.25, -0.2) is 14.2 Å². The summed E-state index contributed by atoms with van der Waals surface area (Å²) in [6.45, 7) is 5.48. The highest BCUT2D eigenvalue weighted by Crippen LogP contribution is 2.18. The maximum absolute atomic E-state index is 12.5. The Morgan fingerprint density at radius 2 is 1.96 bits per heavy atom. The Morgan fingerprint density at radius 3 is 2.40 bits per heavy atom. The van der Waals surface area contributed by atoms with E-state index in [1.165, 1.54) is 0 Å². The highest BCUT2D eigenvalue weighted by Gasteiger charge is 2.13. The van der Waals surface area contributed by atoms with E-state index < -0.39 is 6.43 Å². The number of hydrogen-bond acceptors (Lipinski definition) is 6. The van der Waals surface area contributed by atoms with Crippen LogP contribution in [0.3, 0.4) is 0 Å². The predicted octanol–water partition coefficient (Wildman–Crippen LogP) is 1.78. The van der Waals surface area contributed by atoms with Crippen molar-refractivity contribution in [3.05, 3.63) is 46.8 Å². The summed E-state index contributed by atoms with van der Waals surface area (Å²) < 4.78 is 25.0. The first kappa shape index (κ1) is 20.8. The van der Waals surface area contributed by atoms with Gasteiger partial charge in [0.25, 0.3) is 0 Å². The molecule has 0 atom stereocenters. The zero-order valence-electron chi connectivity index (χ0n) is 15.4. The van der Waals surface area contributed by atoms with E-state index >= 15 is 0 Å². The molecule has 0 bridgehead atoms. The predicted molar refractivity (Wildman–Crippen MR) is 97.8 cm³/mol. The maximum atomic E-state index is 12.5. The molecule has 1 aliphatic rings. The van der Waals surface area contributed by atoms with Crippen LogP contribution >= 0.6 is 0 Å². The van der Waals surface area contributed by atoms with Gasteiger partial charge in [0.05, 0.1) is 12.2 Å². The van der Waals surface area contributed by atoms with Gasteiger partial charge in [0.15, 0.2) is 0 Å². The fourth-order valence-electron chi connectivity index (χ4n) is 2.37. The van der Waals surface area contributed by atoms with Gasteiger partial charge in [-0.15, -0.1) is 0 Å². The van der Waals surface area contributed by atoms with Crippen molar-refractivity contribution in [2.24, 2.45) is 11.5 Å². The second kappa shape index (κ2) is 9.93. The zero-order valence-corrected chi connectivity index (χ0v) is 15.4. The van der Waals surface area contributed by atoms with E-state index in [-0.39, 0.29) is 12.8 Å². The molecule has 0 radical (unpaired) electrons. The van der Waals surface area contributed by atoms with E-state index in [4.69, 9.17) is 11.5 Å². The smallest absolute Gasteiger partial charge is 0.239 e. The van der Waals surface area contributed by atoms with Crippen LogP contribution < -0.4 is 22.2 Å². The molecule has 1 aliphatic heterocycles. The van der Waals surface area contributed by atoms with Crippen molar-refractivity contribution >= 4 is 0 Å². The van der Waals surface area contributed by atoms with Crippen molar-refractivity contribution in [3.63, 3.8) is 0 Å². The van der Waals surface area contributed by atoms with Crippen molar-refractivity contribution in [1.82, 2.24) is 20.7 Å². The molecule has 1 rings (SSSR count). The lowest BCUT2D eigenvalue weighted by Gasteiger charge is -2.33. The van der Waals surface area contributed by atoms with E-state index in [1.807, 2.05) is 30.3 Å². The van der Waals surface area contributed by atoms with Gasteiger partial charge in [-0.1, -0.05) is 6.08 Å². The summed E-state index contributed by atoms with van der Waals surface area (Å²) in [4.78, 5) is 1.78. The van der Waals surface area contributed by atoms with E-state index in [1.54, 1.807) is 25.9 Å². The molecule has 1 fully saturated rings. The number of hydrazine groups is 1. The van der Waals surface area contributed by atoms with Gasteiger partial charge < -0.3 is 21.7 Å². The Bertz CT molecular complexity index is 557. The third-order valence-corrected chi connectivity index (χ3v) is 3.95. The van der Waals surface area contributed by atoms with Gasteiger partial charge in [-0.2, -0.15) is 0 Å². The number of nitrogens with two attached hydrogens (primary N) is 2. The Morgan fingerprint density at radius 1 is 1.32 bits per heavy atom. The average molecular weight is 356 g/mol. The van der Waals surface area contributed by atoms with Gasteiger partial charge in [0.2, 0.25) is 6.43 Å². The lowest BCUT2D eigenvalue weighted by Crippen LogP contribution is -2.54. The molecule has 1 saturated heterocycles. The Labute approximate surface area is 148 Å². The van der Waals surface area contributed by atoms with Crippen LogP contribution in [0.1, 0.15) is 26.7 Å². The van der Waals surface area contributed by atoms with Crippen LogP contribution in [0.25, 0.3) is 0 Å². The molecule has 0 aromatic heterocycles. The first-order valence-electron chi connectivity index (χ1n) is 8.27. The number of likely N-dealkylation sites (N-methyl/N-ethyl adjacent to an activating group) is 1. The third-order valence-electron chi connectivity index (χ3n) is 3.95. The molecule has 0 aromatic carbocycles. The number of rotatable bonds is 9. The molecule has 1 heterocycles. The average Bonchev–Trinajstić information content (AvgIpc) is 2.47. The first-order chi connectivity index (χ1) is 11.8. The molecule has 0 aliphatic carbocycles. The Balaban J connectivity index is 2.89. The Hall–Kier alpha value is -2.22. The second-order valence-corrected chi connectivity index (χ2v) is 5.96. The van der Waals surface area contributed by atoms with Gasteiger partial charge in [0.1, 0.15) is 5.82 Å². The normalized spacial score (nSPS) is 17.4. The summed E-state index contributed by atoms with van der Waals surface area (Å²) in [5.41, 5.74) is 17.9. The largest absolute Gasteiger partial charge is 0.401 e. The monoisotopic (exact) mass is 356 g/mol. The second-order valence-electron chi connectivity index (χ2n) is 5.96. The van der Waals surface area contributed by atoms with E-state index in [0.717, 1.165) is 24.4 Å². The van der Waals surface area contributed by atoms with Crippen LogP contribution in [0.5, 0.6) is 0 Å².